The van der Waals surface area contributed by atoms with Crippen LogP contribution in [0.4, 0.5) is 4.79 Å². The van der Waals surface area contributed by atoms with Gasteiger partial charge in [-0.15, -0.1) is 0 Å². The number of piperidine rings is 1. The van der Waals surface area contributed by atoms with Crippen molar-refractivity contribution < 1.29 is 14.3 Å². The Kier molecular flexibility index (Phi) is 6.10. The number of nitrogens with zero attached hydrogens (tertiary/aromatic N) is 3. The normalized spacial score (nSPS) is 26.8. The highest BCUT2D eigenvalue weighted by Gasteiger charge is 2.40. The van der Waals surface area contributed by atoms with Gasteiger partial charge in [-0.25, -0.2) is 4.79 Å². The van der Waals surface area contributed by atoms with Crippen molar-refractivity contribution in [2.24, 2.45) is 11.3 Å². The third kappa shape index (κ3) is 4.16. The molecule has 1 spiro atoms. The van der Waals surface area contributed by atoms with Crippen LogP contribution in [0.2, 0.25) is 0 Å². The number of likely N-dealkylation sites (tertiary alicyclic amines) is 2. The van der Waals surface area contributed by atoms with E-state index in [2.05, 4.69) is 18.9 Å². The summed E-state index contributed by atoms with van der Waals surface area (Å²) in [4.78, 5) is 30.0. The number of hydrogen-bond acceptors (Lipinski definition) is 4. The van der Waals surface area contributed by atoms with E-state index in [0.717, 1.165) is 52.0 Å². The second-order valence-electron chi connectivity index (χ2n) is 8.63. The maximum atomic E-state index is 11.9. The van der Waals surface area contributed by atoms with Crippen LogP contribution in [0.25, 0.3) is 0 Å². The van der Waals surface area contributed by atoms with Crippen LogP contribution in [0, 0.1) is 11.3 Å². The lowest BCUT2D eigenvalue weighted by molar-refractivity contribution is -0.127. The monoisotopic (exact) mass is 365 g/mol. The third-order valence-electron chi connectivity index (χ3n) is 7.12. The number of ether oxygens (including phenoxy) is 1. The predicted octanol–water partition coefficient (Wildman–Crippen LogP) is 2.58. The second-order valence-corrected chi connectivity index (χ2v) is 8.63. The van der Waals surface area contributed by atoms with E-state index in [9.17, 15) is 9.59 Å². The first-order valence-electron chi connectivity index (χ1n) is 10.3. The molecule has 0 aromatic rings. The van der Waals surface area contributed by atoms with Gasteiger partial charge in [0, 0.05) is 45.2 Å². The van der Waals surface area contributed by atoms with Crippen LogP contribution < -0.4 is 0 Å². The Bertz CT molecular complexity index is 506. The van der Waals surface area contributed by atoms with E-state index >= 15 is 0 Å². The molecule has 3 aliphatic rings. The number of rotatable bonds is 4. The Morgan fingerprint density at radius 1 is 1.23 bits per heavy atom. The first-order chi connectivity index (χ1) is 12.5. The van der Waals surface area contributed by atoms with Crippen molar-refractivity contribution in [3.8, 4) is 0 Å². The zero-order valence-electron chi connectivity index (χ0n) is 16.7. The van der Waals surface area contributed by atoms with Crippen molar-refractivity contribution in [1.29, 1.82) is 0 Å². The summed E-state index contributed by atoms with van der Waals surface area (Å²) in [6, 6.07) is 0.644. The average molecular weight is 366 g/mol. The standard InChI is InChI=1S/C20H35N3O3/c1-4-22-15-16(13-18(22)24)14-21(2)17-5-7-20(8-6-17)9-11-23(12-10-20)19(25)26-3/h16-17H,4-15H2,1-3H3/t16-/m1/s1. The molecule has 26 heavy (non-hydrogen) atoms. The summed E-state index contributed by atoms with van der Waals surface area (Å²) in [7, 11) is 3.70. The molecule has 0 aromatic carbocycles. The molecule has 2 heterocycles. The van der Waals surface area contributed by atoms with Crippen LogP contribution in [0.5, 0.6) is 0 Å². The molecule has 3 fully saturated rings. The molecular weight excluding hydrogens is 330 g/mol. The SMILES string of the molecule is CCN1C[C@@H](CN(C)C2CCC3(CC2)CCN(C(=O)OC)CC3)CC1=O. The number of carbonyl (C=O) groups is 2. The molecule has 148 valence electrons. The first kappa shape index (κ1) is 19.5. The van der Waals surface area contributed by atoms with Gasteiger partial charge in [-0.3, -0.25) is 4.79 Å². The fourth-order valence-electron chi connectivity index (χ4n) is 5.29. The molecule has 0 aromatic heterocycles. The topological polar surface area (TPSA) is 53.1 Å². The maximum absolute atomic E-state index is 11.9. The van der Waals surface area contributed by atoms with Crippen LogP contribution in [0.3, 0.4) is 0 Å². The minimum Gasteiger partial charge on any atom is -0.453 e. The molecule has 0 N–H and O–H groups in total. The number of amides is 2. The van der Waals surface area contributed by atoms with E-state index in [0.29, 0.717) is 23.3 Å². The zero-order chi connectivity index (χ0) is 18.7. The lowest BCUT2D eigenvalue weighted by Gasteiger charge is -2.47. The molecule has 2 amide bonds. The number of carbonyl (C=O) groups excluding carboxylic acids is 2. The van der Waals surface area contributed by atoms with Crippen molar-refractivity contribution in [2.45, 2.75) is 57.9 Å². The summed E-state index contributed by atoms with van der Waals surface area (Å²) in [5.74, 6) is 0.817. The molecule has 6 heteroatoms. The minimum atomic E-state index is -0.180. The van der Waals surface area contributed by atoms with Gasteiger partial charge in [-0.2, -0.15) is 0 Å². The summed E-state index contributed by atoms with van der Waals surface area (Å²) in [5, 5.41) is 0. The Morgan fingerprint density at radius 3 is 2.42 bits per heavy atom. The Hall–Kier alpha value is -1.30. The summed E-state index contributed by atoms with van der Waals surface area (Å²) < 4.78 is 4.85. The summed E-state index contributed by atoms with van der Waals surface area (Å²) in [5.41, 5.74) is 0.435. The molecule has 3 rings (SSSR count). The van der Waals surface area contributed by atoms with Gasteiger partial charge in [0.05, 0.1) is 7.11 Å². The van der Waals surface area contributed by atoms with E-state index in [-0.39, 0.29) is 6.09 Å². The van der Waals surface area contributed by atoms with Gasteiger partial charge in [0.15, 0.2) is 0 Å². The highest BCUT2D eigenvalue weighted by Crippen LogP contribution is 2.45. The van der Waals surface area contributed by atoms with Crippen LogP contribution in [0.15, 0.2) is 0 Å². The van der Waals surface area contributed by atoms with Gasteiger partial charge in [0.2, 0.25) is 5.91 Å². The highest BCUT2D eigenvalue weighted by molar-refractivity contribution is 5.78. The van der Waals surface area contributed by atoms with Crippen molar-refractivity contribution in [1.82, 2.24) is 14.7 Å². The van der Waals surface area contributed by atoms with E-state index in [1.54, 1.807) is 0 Å². The molecule has 2 saturated heterocycles. The third-order valence-corrected chi connectivity index (χ3v) is 7.12. The zero-order valence-corrected chi connectivity index (χ0v) is 16.7. The molecule has 1 saturated carbocycles. The largest absolute Gasteiger partial charge is 0.453 e. The minimum absolute atomic E-state index is 0.180. The average Bonchev–Trinajstić information content (AvgIpc) is 3.01. The van der Waals surface area contributed by atoms with Crippen LogP contribution in [-0.2, 0) is 9.53 Å². The van der Waals surface area contributed by atoms with Crippen molar-refractivity contribution in [3.63, 3.8) is 0 Å². The van der Waals surface area contributed by atoms with E-state index < -0.39 is 0 Å². The molecular formula is C20H35N3O3. The first-order valence-corrected chi connectivity index (χ1v) is 10.3. The second kappa shape index (κ2) is 8.15. The smallest absolute Gasteiger partial charge is 0.409 e. The lowest BCUT2D eigenvalue weighted by atomic mass is 9.67. The quantitative estimate of drug-likeness (QED) is 0.768. The van der Waals surface area contributed by atoms with E-state index in [4.69, 9.17) is 4.74 Å². The lowest BCUT2D eigenvalue weighted by Crippen LogP contribution is -2.47. The summed E-state index contributed by atoms with van der Waals surface area (Å²) >= 11 is 0. The van der Waals surface area contributed by atoms with Gasteiger partial charge in [0.1, 0.15) is 0 Å². The van der Waals surface area contributed by atoms with Crippen LogP contribution >= 0.6 is 0 Å². The molecule has 0 unspecified atom stereocenters. The van der Waals surface area contributed by atoms with Crippen LogP contribution in [0.1, 0.15) is 51.9 Å². The van der Waals surface area contributed by atoms with E-state index in [1.807, 2.05) is 9.80 Å². The van der Waals surface area contributed by atoms with Crippen LogP contribution in [-0.4, -0.2) is 79.6 Å². The Labute approximate surface area is 157 Å². The molecule has 0 bridgehead atoms. The van der Waals surface area contributed by atoms with Gasteiger partial charge in [0.25, 0.3) is 0 Å². The Balaban J connectivity index is 1.44. The predicted molar refractivity (Wildman–Crippen MR) is 101 cm³/mol. The van der Waals surface area contributed by atoms with Crippen molar-refractivity contribution in [2.75, 3.05) is 46.9 Å². The maximum Gasteiger partial charge on any atom is 0.409 e. The fourth-order valence-corrected chi connectivity index (χ4v) is 5.29. The highest BCUT2D eigenvalue weighted by atomic mass is 16.5. The molecule has 2 aliphatic heterocycles. The fraction of sp³-hybridized carbons (Fsp3) is 0.900. The summed E-state index contributed by atoms with van der Waals surface area (Å²) in [6.07, 6.45) is 7.78. The van der Waals surface area contributed by atoms with Crippen molar-refractivity contribution >= 4 is 12.0 Å². The van der Waals surface area contributed by atoms with Gasteiger partial charge >= 0.3 is 6.09 Å². The molecule has 1 atom stereocenters. The van der Waals surface area contributed by atoms with Gasteiger partial charge in [-0.1, -0.05) is 0 Å². The van der Waals surface area contributed by atoms with Gasteiger partial charge < -0.3 is 19.4 Å². The summed E-state index contributed by atoms with van der Waals surface area (Å²) in [6.45, 7) is 6.55. The van der Waals surface area contributed by atoms with Crippen molar-refractivity contribution in [3.05, 3.63) is 0 Å². The number of methoxy groups -OCH3 is 1. The molecule has 1 aliphatic carbocycles. The molecule has 0 radical (unpaired) electrons. The molecule has 6 nitrogen and oxygen atoms in total. The number of hydrogen-bond donors (Lipinski definition) is 0. The Morgan fingerprint density at radius 2 is 1.88 bits per heavy atom. The van der Waals surface area contributed by atoms with E-state index in [1.165, 1.54) is 32.8 Å². The van der Waals surface area contributed by atoms with Gasteiger partial charge in [-0.05, 0) is 63.8 Å².